The van der Waals surface area contributed by atoms with Crippen molar-refractivity contribution < 1.29 is 18.0 Å². The molecule has 0 N–H and O–H groups in total. The Hall–Kier alpha value is -1.23. The van der Waals surface area contributed by atoms with Crippen molar-refractivity contribution in [2.24, 2.45) is 0 Å². The molecule has 1 heterocycles. The van der Waals surface area contributed by atoms with E-state index in [1.54, 1.807) is 12.1 Å². The van der Waals surface area contributed by atoms with E-state index in [9.17, 15) is 18.0 Å². The Morgan fingerprint density at radius 3 is 2.63 bits per heavy atom. The lowest BCUT2D eigenvalue weighted by atomic mass is 10.0. The number of carbonyl (C=O) groups excluding carboxylic acids is 1. The largest absolute Gasteiger partial charge is 0.391 e. The van der Waals surface area contributed by atoms with Crippen LogP contribution in [0.5, 0.6) is 0 Å². The highest BCUT2D eigenvalue weighted by atomic mass is 35.5. The fourth-order valence-electron chi connectivity index (χ4n) is 2.28. The molecule has 0 saturated carbocycles. The third-order valence-electron chi connectivity index (χ3n) is 3.11. The average Bonchev–Trinajstić information content (AvgIpc) is 2.68. The summed E-state index contributed by atoms with van der Waals surface area (Å²) in [6, 6.07) is 7.17. The number of nitrogens with zero attached hydrogens (tertiary/aromatic N) is 1. The molecule has 0 bridgehead atoms. The summed E-state index contributed by atoms with van der Waals surface area (Å²) in [6.07, 6.45) is -5.16. The Labute approximate surface area is 114 Å². The molecular formula is C13H13ClF3NO. The normalized spacial score (nSPS) is 18.1. The van der Waals surface area contributed by atoms with Crippen molar-refractivity contribution in [3.05, 3.63) is 29.8 Å². The van der Waals surface area contributed by atoms with Crippen molar-refractivity contribution in [2.45, 2.75) is 30.8 Å². The Bertz CT molecular complexity index is 499. The highest BCUT2D eigenvalue weighted by molar-refractivity contribution is 6.36. The second-order valence-corrected chi connectivity index (χ2v) is 5.66. The van der Waals surface area contributed by atoms with Crippen molar-refractivity contribution in [1.29, 1.82) is 0 Å². The lowest BCUT2D eigenvalue weighted by molar-refractivity contribution is -0.148. The first-order valence-corrected chi connectivity index (χ1v) is 6.24. The Balaban J connectivity index is 2.22. The van der Waals surface area contributed by atoms with Gasteiger partial charge in [0.1, 0.15) is 4.87 Å². The molecule has 2 rings (SSSR count). The molecule has 1 aromatic carbocycles. The summed E-state index contributed by atoms with van der Waals surface area (Å²) < 4.78 is 37.3. The summed E-state index contributed by atoms with van der Waals surface area (Å²) >= 11 is 5.81. The van der Waals surface area contributed by atoms with Gasteiger partial charge in [-0.25, -0.2) is 0 Å². The molecule has 1 aromatic rings. The van der Waals surface area contributed by atoms with E-state index in [0.29, 0.717) is 18.7 Å². The molecule has 1 amide bonds. The van der Waals surface area contributed by atoms with Crippen LogP contribution >= 0.6 is 11.6 Å². The number of hydrogen-bond donors (Lipinski definition) is 0. The van der Waals surface area contributed by atoms with Gasteiger partial charge in [-0.3, -0.25) is 4.79 Å². The molecule has 2 nitrogen and oxygen atoms in total. The molecule has 19 heavy (non-hydrogen) atoms. The van der Waals surface area contributed by atoms with Crippen LogP contribution in [0.15, 0.2) is 24.3 Å². The summed E-state index contributed by atoms with van der Waals surface area (Å²) in [4.78, 5) is 11.6. The number of benzene rings is 1. The van der Waals surface area contributed by atoms with Crippen molar-refractivity contribution in [3.8, 4) is 0 Å². The van der Waals surface area contributed by atoms with E-state index in [2.05, 4.69) is 0 Å². The number of halogens is 4. The van der Waals surface area contributed by atoms with E-state index in [0.717, 1.165) is 12.5 Å². The second kappa shape index (κ2) is 4.71. The topological polar surface area (TPSA) is 20.3 Å². The zero-order valence-electron chi connectivity index (χ0n) is 10.3. The van der Waals surface area contributed by atoms with E-state index in [-0.39, 0.29) is 0 Å². The molecule has 0 spiro atoms. The predicted octanol–water partition coefficient (Wildman–Crippen LogP) is 3.53. The molecule has 104 valence electrons. The van der Waals surface area contributed by atoms with Gasteiger partial charge in [-0.2, -0.15) is 13.2 Å². The molecule has 0 radical (unpaired) electrons. The smallest absolute Gasteiger partial charge is 0.310 e. The minimum Gasteiger partial charge on any atom is -0.310 e. The molecule has 0 saturated heterocycles. The SMILES string of the molecule is CC(Cl)(CC(F)(F)F)C(=O)N1CCc2ccccc21. The Morgan fingerprint density at radius 1 is 1.37 bits per heavy atom. The zero-order chi connectivity index (χ0) is 14.3. The first kappa shape index (κ1) is 14.2. The first-order valence-electron chi connectivity index (χ1n) is 5.86. The summed E-state index contributed by atoms with van der Waals surface area (Å²) in [5.41, 5.74) is 1.61. The van der Waals surface area contributed by atoms with E-state index in [1.165, 1.54) is 4.90 Å². The lowest BCUT2D eigenvalue weighted by Gasteiger charge is -2.28. The highest BCUT2D eigenvalue weighted by Gasteiger charge is 2.46. The highest BCUT2D eigenvalue weighted by Crippen LogP contribution is 2.36. The number of alkyl halides is 4. The monoisotopic (exact) mass is 291 g/mol. The summed E-state index contributed by atoms with van der Waals surface area (Å²) in [5, 5.41) is 0. The fraction of sp³-hybridized carbons (Fsp3) is 0.462. The Kier molecular flexibility index (Phi) is 3.51. The quantitative estimate of drug-likeness (QED) is 0.764. The molecule has 0 fully saturated rings. The van der Waals surface area contributed by atoms with Gasteiger partial charge in [0.25, 0.3) is 0 Å². The maximum atomic E-state index is 12.4. The van der Waals surface area contributed by atoms with Crippen LogP contribution in [0.4, 0.5) is 18.9 Å². The summed E-state index contributed by atoms with van der Waals surface area (Å²) in [6.45, 7) is 1.49. The van der Waals surface area contributed by atoms with Crippen LogP contribution in [0.25, 0.3) is 0 Å². The molecule has 1 atom stereocenters. The molecule has 1 aliphatic rings. The van der Waals surface area contributed by atoms with Crippen LogP contribution in [0.1, 0.15) is 18.9 Å². The third kappa shape index (κ3) is 3.03. The van der Waals surface area contributed by atoms with Gasteiger partial charge >= 0.3 is 6.18 Å². The minimum absolute atomic E-state index is 0.373. The summed E-state index contributed by atoms with van der Waals surface area (Å²) in [7, 11) is 0. The molecule has 1 unspecified atom stereocenters. The maximum absolute atomic E-state index is 12.4. The van der Waals surface area contributed by atoms with Gasteiger partial charge in [0.15, 0.2) is 0 Å². The van der Waals surface area contributed by atoms with Crippen LogP contribution < -0.4 is 4.90 Å². The van der Waals surface area contributed by atoms with Crippen LogP contribution in [-0.4, -0.2) is 23.5 Å². The lowest BCUT2D eigenvalue weighted by Crippen LogP contribution is -2.45. The van der Waals surface area contributed by atoms with Crippen molar-refractivity contribution in [1.82, 2.24) is 0 Å². The molecule has 0 aliphatic carbocycles. The van der Waals surface area contributed by atoms with E-state index < -0.39 is 23.4 Å². The minimum atomic E-state index is -4.47. The van der Waals surface area contributed by atoms with Crippen molar-refractivity contribution in [3.63, 3.8) is 0 Å². The number of hydrogen-bond acceptors (Lipinski definition) is 1. The number of amides is 1. The fourth-order valence-corrected chi connectivity index (χ4v) is 2.54. The van der Waals surface area contributed by atoms with Gasteiger partial charge in [-0.05, 0) is 25.0 Å². The van der Waals surface area contributed by atoms with Crippen LogP contribution in [0.3, 0.4) is 0 Å². The van der Waals surface area contributed by atoms with Gasteiger partial charge in [-0.1, -0.05) is 18.2 Å². The van der Waals surface area contributed by atoms with Crippen molar-refractivity contribution >= 4 is 23.2 Å². The second-order valence-electron chi connectivity index (χ2n) is 4.82. The maximum Gasteiger partial charge on any atom is 0.391 e. The zero-order valence-corrected chi connectivity index (χ0v) is 11.1. The number of para-hydroxylation sites is 1. The summed E-state index contributed by atoms with van der Waals surface area (Å²) in [5.74, 6) is -0.698. The number of anilines is 1. The molecule has 0 aromatic heterocycles. The van der Waals surface area contributed by atoms with E-state index in [1.807, 2.05) is 12.1 Å². The van der Waals surface area contributed by atoms with E-state index in [4.69, 9.17) is 11.6 Å². The van der Waals surface area contributed by atoms with Crippen LogP contribution in [-0.2, 0) is 11.2 Å². The first-order chi connectivity index (χ1) is 8.71. The van der Waals surface area contributed by atoms with Gasteiger partial charge < -0.3 is 4.90 Å². The van der Waals surface area contributed by atoms with Crippen LogP contribution in [0.2, 0.25) is 0 Å². The van der Waals surface area contributed by atoms with E-state index >= 15 is 0 Å². The van der Waals surface area contributed by atoms with Gasteiger partial charge in [0.05, 0.1) is 6.42 Å². The van der Waals surface area contributed by atoms with Crippen molar-refractivity contribution in [2.75, 3.05) is 11.4 Å². The molecular weight excluding hydrogens is 279 g/mol. The Morgan fingerprint density at radius 2 is 2.00 bits per heavy atom. The van der Waals surface area contributed by atoms with Gasteiger partial charge in [0, 0.05) is 12.2 Å². The van der Waals surface area contributed by atoms with Crippen LogP contribution in [0, 0.1) is 0 Å². The van der Waals surface area contributed by atoms with Gasteiger partial charge in [-0.15, -0.1) is 11.6 Å². The number of fused-ring (bicyclic) bond motifs is 1. The number of rotatable bonds is 2. The number of carbonyl (C=O) groups is 1. The van der Waals surface area contributed by atoms with Gasteiger partial charge in [0.2, 0.25) is 5.91 Å². The molecule has 6 heteroatoms. The average molecular weight is 292 g/mol. The predicted molar refractivity (Wildman–Crippen MR) is 67.4 cm³/mol. The standard InChI is InChI=1S/C13H13ClF3NO/c1-12(14,8-13(15,16)17)11(19)18-7-6-9-4-2-3-5-10(9)18/h2-5H,6-8H2,1H3. The molecule has 1 aliphatic heterocycles. The third-order valence-corrected chi connectivity index (χ3v) is 3.41.